The van der Waals surface area contributed by atoms with Gasteiger partial charge < -0.3 is 15.4 Å². The highest BCUT2D eigenvalue weighted by Crippen LogP contribution is 2.08. The number of nitro groups is 1. The van der Waals surface area contributed by atoms with Crippen LogP contribution >= 0.6 is 0 Å². The first-order valence-electron chi connectivity index (χ1n) is 5.95. The second kappa shape index (κ2) is 6.64. The molecule has 1 amide bonds. The molecule has 0 fully saturated rings. The zero-order valence-corrected chi connectivity index (χ0v) is 11.5. The summed E-state index contributed by atoms with van der Waals surface area (Å²) in [5.74, 6) is 0.251. The molecule has 2 N–H and O–H groups in total. The molecule has 0 unspecified atom stereocenters. The van der Waals surface area contributed by atoms with Crippen LogP contribution in [0.5, 0.6) is 0 Å². The van der Waals surface area contributed by atoms with Gasteiger partial charge in [0.15, 0.2) is 0 Å². The Morgan fingerprint density at radius 3 is 2.45 bits per heavy atom. The number of nitrogens with zero attached hydrogens (tertiary/aromatic N) is 3. The van der Waals surface area contributed by atoms with Crippen LogP contribution in [0.3, 0.4) is 0 Å². The zero-order valence-electron chi connectivity index (χ0n) is 11.5. The highest BCUT2D eigenvalue weighted by atomic mass is 16.6. The third-order valence-electron chi connectivity index (χ3n) is 1.93. The van der Waals surface area contributed by atoms with Gasteiger partial charge in [-0.2, -0.15) is 0 Å². The first-order valence-corrected chi connectivity index (χ1v) is 5.95. The van der Waals surface area contributed by atoms with Crippen molar-refractivity contribution in [2.75, 3.05) is 18.4 Å². The van der Waals surface area contributed by atoms with Crippen LogP contribution in [0, 0.1) is 10.1 Å². The molecule has 110 valence electrons. The van der Waals surface area contributed by atoms with Crippen molar-refractivity contribution >= 4 is 17.7 Å². The smallest absolute Gasteiger partial charge is 0.407 e. The average Bonchev–Trinajstić information content (AvgIpc) is 2.33. The molecule has 9 heteroatoms. The molecule has 0 saturated heterocycles. The number of hydrogen-bond acceptors (Lipinski definition) is 7. The van der Waals surface area contributed by atoms with Crippen molar-refractivity contribution in [1.82, 2.24) is 15.3 Å². The first kappa shape index (κ1) is 15.6. The van der Waals surface area contributed by atoms with Crippen molar-refractivity contribution in [2.45, 2.75) is 26.4 Å². The fourth-order valence-electron chi connectivity index (χ4n) is 1.16. The molecule has 1 rings (SSSR count). The van der Waals surface area contributed by atoms with E-state index >= 15 is 0 Å². The number of hydrogen-bond donors (Lipinski definition) is 2. The molecular weight excluding hydrogens is 266 g/mol. The summed E-state index contributed by atoms with van der Waals surface area (Å²) in [4.78, 5) is 28.7. The van der Waals surface area contributed by atoms with Gasteiger partial charge in [0.2, 0.25) is 5.95 Å². The highest BCUT2D eigenvalue weighted by Gasteiger charge is 2.15. The minimum Gasteiger partial charge on any atom is -0.444 e. The Morgan fingerprint density at radius 1 is 1.35 bits per heavy atom. The van der Waals surface area contributed by atoms with Gasteiger partial charge in [-0.15, -0.1) is 0 Å². The summed E-state index contributed by atoms with van der Waals surface area (Å²) in [6.07, 6.45) is 1.71. The van der Waals surface area contributed by atoms with Gasteiger partial charge in [-0.05, 0) is 20.8 Å². The van der Waals surface area contributed by atoms with E-state index in [4.69, 9.17) is 4.74 Å². The van der Waals surface area contributed by atoms with E-state index in [0.29, 0.717) is 13.1 Å². The number of nitrogens with one attached hydrogen (secondary N) is 2. The van der Waals surface area contributed by atoms with Gasteiger partial charge in [0.25, 0.3) is 0 Å². The van der Waals surface area contributed by atoms with E-state index < -0.39 is 16.6 Å². The molecular formula is C11H17N5O4. The number of alkyl carbamates (subject to hydrolysis) is 1. The van der Waals surface area contributed by atoms with Gasteiger partial charge in [-0.25, -0.2) is 14.8 Å². The summed E-state index contributed by atoms with van der Waals surface area (Å²) in [5, 5.41) is 15.8. The Labute approximate surface area is 115 Å². The van der Waals surface area contributed by atoms with Crippen LogP contribution in [-0.2, 0) is 4.74 Å². The molecule has 1 heterocycles. The van der Waals surface area contributed by atoms with Crippen LogP contribution in [0.1, 0.15) is 20.8 Å². The van der Waals surface area contributed by atoms with Crippen molar-refractivity contribution in [3.05, 3.63) is 22.5 Å². The SMILES string of the molecule is CC(C)(C)OC(=O)NCCNc1ncc([N+](=O)[O-])cn1. The van der Waals surface area contributed by atoms with Gasteiger partial charge in [0, 0.05) is 13.1 Å². The minimum absolute atomic E-state index is 0.178. The van der Waals surface area contributed by atoms with Crippen LogP contribution in [-0.4, -0.2) is 39.7 Å². The van der Waals surface area contributed by atoms with Gasteiger partial charge in [0.05, 0.1) is 4.92 Å². The van der Waals surface area contributed by atoms with Crippen LogP contribution in [0.25, 0.3) is 0 Å². The summed E-state index contributed by atoms with van der Waals surface area (Å²) in [6, 6.07) is 0. The average molecular weight is 283 g/mol. The predicted molar refractivity (Wildman–Crippen MR) is 71.4 cm³/mol. The summed E-state index contributed by atoms with van der Waals surface area (Å²) in [5.41, 5.74) is -0.721. The number of carbonyl (C=O) groups excluding carboxylic acids is 1. The van der Waals surface area contributed by atoms with E-state index in [2.05, 4.69) is 20.6 Å². The molecule has 1 aromatic rings. The van der Waals surface area contributed by atoms with E-state index in [9.17, 15) is 14.9 Å². The number of amides is 1. The van der Waals surface area contributed by atoms with Crippen molar-refractivity contribution in [3.8, 4) is 0 Å². The fourth-order valence-corrected chi connectivity index (χ4v) is 1.16. The third-order valence-corrected chi connectivity index (χ3v) is 1.93. The van der Waals surface area contributed by atoms with E-state index in [0.717, 1.165) is 12.4 Å². The van der Waals surface area contributed by atoms with E-state index in [1.165, 1.54) is 0 Å². The highest BCUT2D eigenvalue weighted by molar-refractivity contribution is 5.67. The largest absolute Gasteiger partial charge is 0.444 e. The zero-order chi connectivity index (χ0) is 15.2. The summed E-state index contributed by atoms with van der Waals surface area (Å²) < 4.78 is 5.05. The molecule has 1 aromatic heterocycles. The summed E-state index contributed by atoms with van der Waals surface area (Å²) in [7, 11) is 0. The number of anilines is 1. The first-order chi connectivity index (χ1) is 9.28. The van der Waals surface area contributed by atoms with Gasteiger partial charge in [-0.1, -0.05) is 0 Å². The topological polar surface area (TPSA) is 119 Å². The molecule has 0 bridgehead atoms. The van der Waals surface area contributed by atoms with Gasteiger partial charge in [0.1, 0.15) is 18.0 Å². The molecule has 0 saturated carbocycles. The Kier molecular flexibility index (Phi) is 5.18. The normalized spacial score (nSPS) is 10.8. The van der Waals surface area contributed by atoms with Crippen LogP contribution in [0.2, 0.25) is 0 Å². The second-order valence-corrected chi connectivity index (χ2v) is 4.88. The maximum Gasteiger partial charge on any atom is 0.407 e. The fraction of sp³-hybridized carbons (Fsp3) is 0.545. The number of carbonyl (C=O) groups is 1. The second-order valence-electron chi connectivity index (χ2n) is 4.88. The molecule has 20 heavy (non-hydrogen) atoms. The van der Waals surface area contributed by atoms with E-state index in [-0.39, 0.29) is 11.6 Å². The van der Waals surface area contributed by atoms with Crippen molar-refractivity contribution < 1.29 is 14.5 Å². The monoisotopic (exact) mass is 283 g/mol. The summed E-state index contributed by atoms with van der Waals surface area (Å²) >= 11 is 0. The Bertz CT molecular complexity index is 469. The van der Waals surface area contributed by atoms with E-state index in [1.54, 1.807) is 20.8 Å². The molecule has 9 nitrogen and oxygen atoms in total. The minimum atomic E-state index is -0.576. The predicted octanol–water partition coefficient (Wildman–Crippen LogP) is 1.32. The van der Waals surface area contributed by atoms with Crippen LogP contribution in [0.15, 0.2) is 12.4 Å². The Balaban J connectivity index is 2.27. The lowest BCUT2D eigenvalue weighted by Crippen LogP contribution is -2.35. The van der Waals surface area contributed by atoms with Gasteiger partial charge >= 0.3 is 11.8 Å². The third kappa shape index (κ3) is 5.94. The lowest BCUT2D eigenvalue weighted by atomic mass is 10.2. The molecule has 0 radical (unpaired) electrons. The lowest BCUT2D eigenvalue weighted by molar-refractivity contribution is -0.385. The number of rotatable bonds is 5. The van der Waals surface area contributed by atoms with Crippen molar-refractivity contribution in [3.63, 3.8) is 0 Å². The van der Waals surface area contributed by atoms with Gasteiger partial charge in [-0.3, -0.25) is 10.1 Å². The standard InChI is InChI=1S/C11H17N5O4/c1-11(2,3)20-10(17)13-5-4-12-9-14-6-8(7-15-9)16(18)19/h6-7H,4-5H2,1-3H3,(H,13,17)(H,12,14,15). The number of aromatic nitrogens is 2. The Morgan fingerprint density at radius 2 is 1.95 bits per heavy atom. The molecule has 0 atom stereocenters. The number of ether oxygens (including phenoxy) is 1. The summed E-state index contributed by atoms with van der Waals surface area (Å²) in [6.45, 7) is 6.01. The molecule has 0 aliphatic carbocycles. The van der Waals surface area contributed by atoms with Crippen molar-refractivity contribution in [1.29, 1.82) is 0 Å². The molecule has 0 spiro atoms. The van der Waals surface area contributed by atoms with E-state index in [1.807, 2.05) is 0 Å². The van der Waals surface area contributed by atoms with Crippen LogP contribution < -0.4 is 10.6 Å². The van der Waals surface area contributed by atoms with Crippen LogP contribution in [0.4, 0.5) is 16.4 Å². The quantitative estimate of drug-likeness (QED) is 0.475. The molecule has 0 aliphatic heterocycles. The molecule has 0 aromatic carbocycles. The maximum absolute atomic E-state index is 11.3. The van der Waals surface area contributed by atoms with Crippen molar-refractivity contribution in [2.24, 2.45) is 0 Å². The Hall–Kier alpha value is -2.45. The maximum atomic E-state index is 11.3. The lowest BCUT2D eigenvalue weighted by Gasteiger charge is -2.19. The molecule has 0 aliphatic rings.